The van der Waals surface area contributed by atoms with Crippen molar-refractivity contribution in [3.05, 3.63) is 29.8 Å². The fourth-order valence-corrected chi connectivity index (χ4v) is 1.12. The average molecular weight is 279 g/mol. The van der Waals surface area contributed by atoms with E-state index >= 15 is 0 Å². The van der Waals surface area contributed by atoms with E-state index in [1.54, 1.807) is 24.3 Å². The number of hydrogen-bond acceptors (Lipinski definition) is 5. The Labute approximate surface area is 114 Å². The Morgan fingerprint density at radius 1 is 1.25 bits per heavy atom. The lowest BCUT2D eigenvalue weighted by molar-refractivity contribution is -0.139. The first-order valence-electron chi connectivity index (χ1n) is 5.52. The first-order valence-corrected chi connectivity index (χ1v) is 5.52. The number of rotatable bonds is 5. The maximum atomic E-state index is 11.1. The monoisotopic (exact) mass is 279 g/mol. The number of likely N-dealkylation sites (N-methyl/N-ethyl adjacent to an activating group) is 1. The molecule has 8 heteroatoms. The van der Waals surface area contributed by atoms with E-state index in [4.69, 9.17) is 9.84 Å². The Morgan fingerprint density at radius 3 is 2.45 bits per heavy atom. The van der Waals surface area contributed by atoms with Gasteiger partial charge in [0.15, 0.2) is 6.61 Å². The van der Waals surface area contributed by atoms with Crippen molar-refractivity contribution >= 4 is 24.0 Å². The number of carboxylic acids is 1. The Hall–Kier alpha value is -2.90. The summed E-state index contributed by atoms with van der Waals surface area (Å²) in [4.78, 5) is 32.2. The van der Waals surface area contributed by atoms with Gasteiger partial charge in [0.05, 0.1) is 6.21 Å². The van der Waals surface area contributed by atoms with E-state index in [2.05, 4.69) is 10.4 Å². The molecule has 1 aromatic carbocycles. The third kappa shape index (κ3) is 5.17. The van der Waals surface area contributed by atoms with Crippen LogP contribution in [-0.2, 0) is 14.4 Å². The highest BCUT2D eigenvalue weighted by Gasteiger charge is 2.08. The molecule has 106 valence electrons. The molecular weight excluding hydrogens is 266 g/mol. The van der Waals surface area contributed by atoms with Gasteiger partial charge in [0, 0.05) is 7.05 Å². The number of aliphatic carboxylic acids is 1. The summed E-state index contributed by atoms with van der Waals surface area (Å²) < 4.78 is 4.94. The third-order valence-electron chi connectivity index (χ3n) is 2.06. The minimum Gasteiger partial charge on any atom is -0.482 e. The number of carbonyl (C=O) groups is 3. The lowest BCUT2D eigenvalue weighted by Gasteiger charge is -2.02. The molecule has 0 saturated carbocycles. The fraction of sp³-hybridized carbons (Fsp3) is 0.167. The van der Waals surface area contributed by atoms with Crippen molar-refractivity contribution in [2.75, 3.05) is 13.7 Å². The van der Waals surface area contributed by atoms with Crippen LogP contribution in [-0.4, -0.2) is 42.8 Å². The second kappa shape index (κ2) is 7.52. The fourth-order valence-electron chi connectivity index (χ4n) is 1.12. The summed E-state index contributed by atoms with van der Waals surface area (Å²) in [6.45, 7) is -0.421. The quantitative estimate of drug-likeness (QED) is 0.376. The zero-order valence-electron chi connectivity index (χ0n) is 10.6. The highest BCUT2D eigenvalue weighted by molar-refractivity contribution is 6.34. The predicted octanol–water partition coefficient (Wildman–Crippen LogP) is -0.654. The number of hydrogen-bond donors (Lipinski definition) is 3. The Balaban J connectivity index is 2.50. The summed E-state index contributed by atoms with van der Waals surface area (Å²) in [5.41, 5.74) is 2.69. The van der Waals surface area contributed by atoms with E-state index in [1.165, 1.54) is 13.3 Å². The molecule has 0 fully saturated rings. The van der Waals surface area contributed by atoms with Crippen molar-refractivity contribution in [1.29, 1.82) is 0 Å². The number of carboxylic acid groups (broad SMARTS) is 1. The van der Waals surface area contributed by atoms with Crippen LogP contribution in [0.15, 0.2) is 29.4 Å². The van der Waals surface area contributed by atoms with Crippen molar-refractivity contribution in [3.63, 3.8) is 0 Å². The lowest BCUT2D eigenvalue weighted by Crippen LogP contribution is -2.35. The molecule has 20 heavy (non-hydrogen) atoms. The van der Waals surface area contributed by atoms with Gasteiger partial charge in [-0.05, 0) is 29.8 Å². The normalized spacial score (nSPS) is 10.1. The molecule has 0 radical (unpaired) electrons. The molecule has 2 amide bonds. The molecule has 1 rings (SSSR count). The average Bonchev–Trinajstić information content (AvgIpc) is 2.45. The number of ether oxygens (including phenoxy) is 1. The summed E-state index contributed by atoms with van der Waals surface area (Å²) in [5.74, 6) is -2.32. The van der Waals surface area contributed by atoms with Gasteiger partial charge in [-0.15, -0.1) is 0 Å². The van der Waals surface area contributed by atoms with E-state index in [0.717, 1.165) is 0 Å². The largest absolute Gasteiger partial charge is 0.482 e. The van der Waals surface area contributed by atoms with E-state index in [0.29, 0.717) is 11.3 Å². The summed E-state index contributed by atoms with van der Waals surface area (Å²) >= 11 is 0. The molecule has 0 aromatic heterocycles. The second-order valence-corrected chi connectivity index (χ2v) is 3.53. The molecule has 0 unspecified atom stereocenters. The predicted molar refractivity (Wildman–Crippen MR) is 69.4 cm³/mol. The van der Waals surface area contributed by atoms with Crippen molar-refractivity contribution < 1.29 is 24.2 Å². The number of amides is 2. The summed E-state index contributed by atoms with van der Waals surface area (Å²) in [6, 6.07) is 6.36. The summed E-state index contributed by atoms with van der Waals surface area (Å²) in [7, 11) is 1.33. The van der Waals surface area contributed by atoms with Crippen LogP contribution in [0.3, 0.4) is 0 Å². The SMILES string of the molecule is CNC(=O)C(=O)N/N=C\c1ccc(OCC(=O)O)cc1. The molecule has 8 nitrogen and oxygen atoms in total. The number of benzene rings is 1. The van der Waals surface area contributed by atoms with Gasteiger partial charge in [0.25, 0.3) is 0 Å². The van der Waals surface area contributed by atoms with Crippen LogP contribution >= 0.6 is 0 Å². The number of nitrogens with zero attached hydrogens (tertiary/aromatic N) is 1. The second-order valence-electron chi connectivity index (χ2n) is 3.53. The van der Waals surface area contributed by atoms with Gasteiger partial charge in [-0.1, -0.05) is 0 Å². The highest BCUT2D eigenvalue weighted by atomic mass is 16.5. The van der Waals surface area contributed by atoms with E-state index in [1.807, 2.05) is 5.43 Å². The van der Waals surface area contributed by atoms with Gasteiger partial charge in [-0.3, -0.25) is 9.59 Å². The first-order chi connectivity index (χ1) is 9.52. The minimum atomic E-state index is -1.06. The maximum Gasteiger partial charge on any atom is 0.341 e. The van der Waals surface area contributed by atoms with Crippen LogP contribution in [0, 0.1) is 0 Å². The van der Waals surface area contributed by atoms with Crippen LogP contribution in [0.2, 0.25) is 0 Å². The Kier molecular flexibility index (Phi) is 5.70. The van der Waals surface area contributed by atoms with E-state index in [-0.39, 0.29) is 0 Å². The maximum absolute atomic E-state index is 11.1. The Morgan fingerprint density at radius 2 is 1.90 bits per heavy atom. The molecule has 0 aliphatic rings. The van der Waals surface area contributed by atoms with Gasteiger partial charge in [0.2, 0.25) is 0 Å². The standard InChI is InChI=1S/C12H13N3O5/c1-13-11(18)12(19)15-14-6-8-2-4-9(5-3-8)20-7-10(16)17/h2-6H,7H2,1H3,(H,13,18)(H,15,19)(H,16,17)/b14-6-. The van der Waals surface area contributed by atoms with Crippen LogP contribution in [0.5, 0.6) is 5.75 Å². The van der Waals surface area contributed by atoms with Crippen molar-refractivity contribution in [2.45, 2.75) is 0 Å². The molecule has 0 atom stereocenters. The van der Waals surface area contributed by atoms with E-state index < -0.39 is 24.4 Å². The van der Waals surface area contributed by atoms with Gasteiger partial charge in [-0.2, -0.15) is 5.10 Å². The van der Waals surface area contributed by atoms with Crippen LogP contribution in [0.1, 0.15) is 5.56 Å². The first kappa shape index (κ1) is 15.2. The van der Waals surface area contributed by atoms with E-state index in [9.17, 15) is 14.4 Å². The van der Waals surface area contributed by atoms with Crippen molar-refractivity contribution in [2.24, 2.45) is 5.10 Å². The third-order valence-corrected chi connectivity index (χ3v) is 2.06. The zero-order valence-corrected chi connectivity index (χ0v) is 10.6. The number of nitrogens with one attached hydrogen (secondary N) is 2. The smallest absolute Gasteiger partial charge is 0.341 e. The summed E-state index contributed by atoms with van der Waals surface area (Å²) in [5, 5.41) is 14.2. The molecule has 0 bridgehead atoms. The molecule has 0 aliphatic carbocycles. The molecule has 0 saturated heterocycles. The van der Waals surface area contributed by atoms with Crippen molar-refractivity contribution in [3.8, 4) is 5.75 Å². The van der Waals surface area contributed by atoms with Gasteiger partial charge in [-0.25, -0.2) is 10.2 Å². The highest BCUT2D eigenvalue weighted by Crippen LogP contribution is 2.10. The lowest BCUT2D eigenvalue weighted by atomic mass is 10.2. The number of carbonyl (C=O) groups excluding carboxylic acids is 2. The van der Waals surface area contributed by atoms with Gasteiger partial charge in [0.1, 0.15) is 5.75 Å². The molecule has 0 heterocycles. The molecule has 1 aromatic rings. The topological polar surface area (TPSA) is 117 Å². The molecule has 0 spiro atoms. The van der Waals surface area contributed by atoms with Gasteiger partial charge >= 0.3 is 17.8 Å². The zero-order chi connectivity index (χ0) is 15.0. The van der Waals surface area contributed by atoms with Crippen molar-refractivity contribution in [1.82, 2.24) is 10.7 Å². The Bertz CT molecular complexity index is 524. The van der Waals surface area contributed by atoms with Crippen LogP contribution < -0.4 is 15.5 Å². The van der Waals surface area contributed by atoms with Gasteiger partial charge < -0.3 is 15.2 Å². The minimum absolute atomic E-state index is 0.402. The van der Waals surface area contributed by atoms with Crippen LogP contribution in [0.25, 0.3) is 0 Å². The van der Waals surface area contributed by atoms with Crippen LogP contribution in [0.4, 0.5) is 0 Å². The molecule has 3 N–H and O–H groups in total. The number of hydrazone groups is 1. The molecule has 0 aliphatic heterocycles. The molecular formula is C12H13N3O5. The summed E-state index contributed by atoms with van der Waals surface area (Å²) in [6.07, 6.45) is 1.34.